The minimum absolute atomic E-state index is 0.0672. The maximum absolute atomic E-state index is 11.9. The number of rotatable bonds is 7. The molecular formula is C13H18Cl2N2O3S. The summed E-state index contributed by atoms with van der Waals surface area (Å²) in [6, 6.07) is 4.77. The zero-order chi connectivity index (χ0) is 16.0. The minimum atomic E-state index is -3.56. The molecule has 0 aliphatic heterocycles. The van der Waals surface area contributed by atoms with Gasteiger partial charge in [0.15, 0.2) is 0 Å². The lowest BCUT2D eigenvalue weighted by molar-refractivity contribution is -0.121. The second-order valence-corrected chi connectivity index (χ2v) is 7.23. The highest BCUT2D eigenvalue weighted by Gasteiger charge is 2.22. The molecule has 0 aliphatic carbocycles. The molecule has 1 N–H and O–H groups in total. The lowest BCUT2D eigenvalue weighted by Gasteiger charge is -2.24. The molecule has 0 bridgehead atoms. The second kappa shape index (κ2) is 7.87. The van der Waals surface area contributed by atoms with E-state index >= 15 is 0 Å². The zero-order valence-corrected chi connectivity index (χ0v) is 14.2. The Bertz CT molecular complexity index is 585. The molecule has 1 aromatic carbocycles. The maximum atomic E-state index is 11.9. The van der Waals surface area contributed by atoms with E-state index in [0.29, 0.717) is 6.42 Å². The van der Waals surface area contributed by atoms with Gasteiger partial charge in [0.25, 0.3) is 0 Å². The number of nitrogens with zero attached hydrogens (tertiary/aromatic N) is 1. The fourth-order valence-corrected chi connectivity index (χ4v) is 3.44. The van der Waals surface area contributed by atoms with E-state index < -0.39 is 10.0 Å². The number of anilines is 1. The van der Waals surface area contributed by atoms with Crippen molar-refractivity contribution in [1.82, 2.24) is 5.32 Å². The maximum Gasteiger partial charge on any atom is 0.232 e. The molecule has 1 rings (SSSR count). The Balaban J connectivity index is 2.91. The molecule has 0 aromatic heterocycles. The van der Waals surface area contributed by atoms with E-state index in [1.54, 1.807) is 18.2 Å². The summed E-state index contributed by atoms with van der Waals surface area (Å²) in [5.41, 5.74) is 0.230. The van der Waals surface area contributed by atoms with E-state index in [1.165, 1.54) is 0 Å². The van der Waals surface area contributed by atoms with Gasteiger partial charge in [0, 0.05) is 13.0 Å². The van der Waals surface area contributed by atoms with Crippen LogP contribution < -0.4 is 9.62 Å². The van der Waals surface area contributed by atoms with Crippen LogP contribution in [-0.4, -0.2) is 33.7 Å². The third-order valence-electron chi connectivity index (χ3n) is 2.70. The quantitative estimate of drug-likeness (QED) is 0.820. The third-order valence-corrected chi connectivity index (χ3v) is 4.48. The van der Waals surface area contributed by atoms with Gasteiger partial charge in [0.2, 0.25) is 15.9 Å². The Labute approximate surface area is 135 Å². The van der Waals surface area contributed by atoms with Gasteiger partial charge in [-0.15, -0.1) is 0 Å². The van der Waals surface area contributed by atoms with E-state index in [1.807, 2.05) is 6.92 Å². The van der Waals surface area contributed by atoms with Gasteiger partial charge in [-0.3, -0.25) is 9.10 Å². The van der Waals surface area contributed by atoms with Crippen LogP contribution in [0.1, 0.15) is 19.8 Å². The number of benzene rings is 1. The highest BCUT2D eigenvalue weighted by atomic mass is 35.5. The Hall–Kier alpha value is -0.980. The minimum Gasteiger partial charge on any atom is -0.354 e. The summed E-state index contributed by atoms with van der Waals surface area (Å²) in [4.78, 5) is 11.4. The first-order valence-electron chi connectivity index (χ1n) is 6.45. The topological polar surface area (TPSA) is 66.5 Å². The van der Waals surface area contributed by atoms with Crippen molar-refractivity contribution in [2.24, 2.45) is 0 Å². The predicted octanol–water partition coefficient (Wildman–Crippen LogP) is 2.68. The number of halogens is 2. The highest BCUT2D eigenvalue weighted by Crippen LogP contribution is 2.34. The molecule has 0 spiro atoms. The fraction of sp³-hybridized carbons (Fsp3) is 0.462. The van der Waals surface area contributed by atoms with E-state index in [4.69, 9.17) is 23.2 Å². The van der Waals surface area contributed by atoms with Crippen molar-refractivity contribution in [2.75, 3.05) is 23.7 Å². The molecule has 0 unspecified atom stereocenters. The van der Waals surface area contributed by atoms with Crippen molar-refractivity contribution in [3.8, 4) is 0 Å². The van der Waals surface area contributed by atoms with Crippen LogP contribution in [0.2, 0.25) is 10.0 Å². The average Bonchev–Trinajstić information content (AvgIpc) is 2.35. The van der Waals surface area contributed by atoms with Crippen LogP contribution in [0.25, 0.3) is 0 Å². The molecule has 5 nitrogen and oxygen atoms in total. The molecule has 21 heavy (non-hydrogen) atoms. The summed E-state index contributed by atoms with van der Waals surface area (Å²) in [5, 5.41) is 3.15. The van der Waals surface area contributed by atoms with Gasteiger partial charge in [-0.1, -0.05) is 36.2 Å². The molecule has 0 saturated heterocycles. The first-order valence-corrected chi connectivity index (χ1v) is 9.06. The second-order valence-electron chi connectivity index (χ2n) is 4.51. The zero-order valence-electron chi connectivity index (χ0n) is 11.9. The molecule has 8 heteroatoms. The fourth-order valence-electron chi connectivity index (χ4n) is 1.78. The van der Waals surface area contributed by atoms with Gasteiger partial charge >= 0.3 is 0 Å². The third kappa shape index (κ3) is 5.37. The van der Waals surface area contributed by atoms with Gasteiger partial charge in [0.1, 0.15) is 0 Å². The normalized spacial score (nSPS) is 11.2. The molecular weight excluding hydrogens is 335 g/mol. The van der Waals surface area contributed by atoms with Gasteiger partial charge in [-0.25, -0.2) is 8.42 Å². The van der Waals surface area contributed by atoms with Crippen molar-refractivity contribution in [1.29, 1.82) is 0 Å². The van der Waals surface area contributed by atoms with Gasteiger partial charge in [-0.05, 0) is 18.6 Å². The molecule has 1 amide bonds. The molecule has 0 radical (unpaired) electrons. The smallest absolute Gasteiger partial charge is 0.232 e. The lowest BCUT2D eigenvalue weighted by atomic mass is 10.3. The number of carbonyl (C=O) groups excluding carboxylic acids is 1. The number of hydrogen-bond donors (Lipinski definition) is 1. The van der Waals surface area contributed by atoms with Crippen molar-refractivity contribution in [3.63, 3.8) is 0 Å². The average molecular weight is 353 g/mol. The lowest BCUT2D eigenvalue weighted by Crippen LogP contribution is -2.38. The molecule has 0 fully saturated rings. The summed E-state index contributed by atoms with van der Waals surface area (Å²) in [6.07, 6.45) is 2.21. The van der Waals surface area contributed by atoms with E-state index in [9.17, 15) is 13.2 Å². The van der Waals surface area contributed by atoms with Crippen molar-refractivity contribution in [3.05, 3.63) is 28.2 Å². The Morgan fingerprint density at radius 2 is 1.86 bits per heavy atom. The largest absolute Gasteiger partial charge is 0.354 e. The van der Waals surface area contributed by atoms with Gasteiger partial charge < -0.3 is 5.32 Å². The van der Waals surface area contributed by atoms with Gasteiger partial charge in [-0.2, -0.15) is 0 Å². The molecule has 1 aromatic rings. The highest BCUT2D eigenvalue weighted by molar-refractivity contribution is 7.92. The summed E-state index contributed by atoms with van der Waals surface area (Å²) >= 11 is 12.1. The van der Waals surface area contributed by atoms with E-state index in [0.717, 1.165) is 17.0 Å². The van der Waals surface area contributed by atoms with Crippen LogP contribution >= 0.6 is 23.2 Å². The number of amides is 1. The Morgan fingerprint density at radius 1 is 1.29 bits per heavy atom. The van der Waals surface area contributed by atoms with Gasteiger partial charge in [0.05, 0.1) is 28.5 Å². The van der Waals surface area contributed by atoms with Crippen LogP contribution in [0, 0.1) is 0 Å². The molecule has 0 aliphatic rings. The number of sulfonamides is 1. The Kier molecular flexibility index (Phi) is 6.77. The predicted molar refractivity (Wildman–Crippen MR) is 86.6 cm³/mol. The van der Waals surface area contributed by atoms with Crippen molar-refractivity contribution >= 4 is 44.8 Å². The number of nitrogens with one attached hydrogen (secondary N) is 1. The summed E-state index contributed by atoms with van der Waals surface area (Å²) in [7, 11) is -3.56. The number of para-hydroxylation sites is 1. The monoisotopic (exact) mass is 352 g/mol. The van der Waals surface area contributed by atoms with Crippen LogP contribution in [0.5, 0.6) is 0 Å². The van der Waals surface area contributed by atoms with Crippen molar-refractivity contribution < 1.29 is 13.2 Å². The first kappa shape index (κ1) is 18.1. The summed E-state index contributed by atoms with van der Waals surface area (Å²) in [6.45, 7) is 2.15. The van der Waals surface area contributed by atoms with E-state index in [-0.39, 0.29) is 34.7 Å². The number of hydrogen-bond acceptors (Lipinski definition) is 3. The summed E-state index contributed by atoms with van der Waals surface area (Å²) in [5.74, 6) is -0.115. The first-order chi connectivity index (χ1) is 9.77. The summed E-state index contributed by atoms with van der Waals surface area (Å²) < 4.78 is 25.0. The van der Waals surface area contributed by atoms with E-state index in [2.05, 4.69) is 5.32 Å². The standard InChI is InChI=1S/C13H18Cl2N2O3S/c1-3-5-12(18)16-8-9-17(21(2,19)20)13-10(14)6-4-7-11(13)15/h4,6-7H,3,5,8-9H2,1-2H3,(H,16,18). The van der Waals surface area contributed by atoms with Crippen LogP contribution in [0.15, 0.2) is 18.2 Å². The van der Waals surface area contributed by atoms with Crippen LogP contribution in [0.4, 0.5) is 5.69 Å². The Morgan fingerprint density at radius 3 is 2.33 bits per heavy atom. The number of carbonyl (C=O) groups is 1. The SMILES string of the molecule is CCCC(=O)NCCN(c1c(Cl)cccc1Cl)S(C)(=O)=O. The molecule has 0 atom stereocenters. The van der Waals surface area contributed by atoms with Crippen LogP contribution in [-0.2, 0) is 14.8 Å². The van der Waals surface area contributed by atoms with Crippen molar-refractivity contribution in [2.45, 2.75) is 19.8 Å². The molecule has 0 saturated carbocycles. The molecule has 0 heterocycles. The molecule has 118 valence electrons. The van der Waals surface area contributed by atoms with Crippen LogP contribution in [0.3, 0.4) is 0 Å².